The van der Waals surface area contributed by atoms with Crippen LogP contribution in [0.5, 0.6) is 0 Å². The van der Waals surface area contributed by atoms with E-state index in [0.717, 1.165) is 42.4 Å². The predicted molar refractivity (Wildman–Crippen MR) is 69.6 cm³/mol. The minimum Gasteiger partial charge on any atom is -0.370 e. The van der Waals surface area contributed by atoms with E-state index >= 15 is 0 Å². The van der Waals surface area contributed by atoms with Crippen molar-refractivity contribution in [3.05, 3.63) is 35.1 Å². The Morgan fingerprint density at radius 2 is 2.06 bits per heavy atom. The van der Waals surface area contributed by atoms with Crippen LogP contribution in [0, 0.1) is 20.8 Å². The highest BCUT2D eigenvalue weighted by atomic mass is 16.5. The predicted octanol–water partition coefficient (Wildman–Crippen LogP) is 2.43. The van der Waals surface area contributed by atoms with Gasteiger partial charge >= 0.3 is 0 Å². The Hall–Kier alpha value is -1.91. The summed E-state index contributed by atoms with van der Waals surface area (Å²) in [5.41, 5.74) is 3.18. The SMILES string of the molecule is Cc1cc(NCCCc2c(C)noc2C)ncn1. The highest BCUT2D eigenvalue weighted by Gasteiger charge is 2.07. The molecule has 2 aromatic heterocycles. The molecular weight excluding hydrogens is 228 g/mol. The zero-order valence-corrected chi connectivity index (χ0v) is 11.0. The van der Waals surface area contributed by atoms with Gasteiger partial charge in [0.25, 0.3) is 0 Å². The van der Waals surface area contributed by atoms with Crippen LogP contribution in [0.4, 0.5) is 5.82 Å². The molecule has 0 amide bonds. The maximum Gasteiger partial charge on any atom is 0.137 e. The number of hydrogen-bond acceptors (Lipinski definition) is 5. The van der Waals surface area contributed by atoms with E-state index in [1.807, 2.05) is 26.8 Å². The molecule has 0 saturated heterocycles. The molecular formula is C13H18N4O. The quantitative estimate of drug-likeness (QED) is 0.821. The molecule has 0 unspecified atom stereocenters. The Morgan fingerprint density at radius 1 is 1.22 bits per heavy atom. The summed E-state index contributed by atoms with van der Waals surface area (Å²) >= 11 is 0. The third-order valence-corrected chi connectivity index (χ3v) is 2.89. The van der Waals surface area contributed by atoms with Crippen molar-refractivity contribution in [2.24, 2.45) is 0 Å². The molecule has 2 rings (SSSR count). The lowest BCUT2D eigenvalue weighted by atomic mass is 10.1. The van der Waals surface area contributed by atoms with Gasteiger partial charge in [-0.2, -0.15) is 0 Å². The van der Waals surface area contributed by atoms with Crippen LogP contribution in [0.3, 0.4) is 0 Å². The van der Waals surface area contributed by atoms with Crippen molar-refractivity contribution in [3.8, 4) is 0 Å². The molecule has 5 heteroatoms. The van der Waals surface area contributed by atoms with Gasteiger partial charge in [0.05, 0.1) is 5.69 Å². The number of aryl methyl sites for hydroxylation is 3. The van der Waals surface area contributed by atoms with Gasteiger partial charge in [-0.15, -0.1) is 0 Å². The van der Waals surface area contributed by atoms with Crippen LogP contribution in [0.15, 0.2) is 16.9 Å². The van der Waals surface area contributed by atoms with Gasteiger partial charge < -0.3 is 9.84 Å². The van der Waals surface area contributed by atoms with Crippen LogP contribution < -0.4 is 5.32 Å². The van der Waals surface area contributed by atoms with Gasteiger partial charge in [0.1, 0.15) is 17.9 Å². The third kappa shape index (κ3) is 3.06. The number of aromatic nitrogens is 3. The third-order valence-electron chi connectivity index (χ3n) is 2.89. The summed E-state index contributed by atoms with van der Waals surface area (Å²) in [6.45, 7) is 6.76. The summed E-state index contributed by atoms with van der Waals surface area (Å²) in [6, 6.07) is 1.94. The van der Waals surface area contributed by atoms with Crippen LogP contribution in [-0.2, 0) is 6.42 Å². The lowest BCUT2D eigenvalue weighted by Gasteiger charge is -2.05. The average Bonchev–Trinajstić information content (AvgIpc) is 2.66. The van der Waals surface area contributed by atoms with E-state index in [9.17, 15) is 0 Å². The number of nitrogens with zero attached hydrogens (tertiary/aromatic N) is 3. The zero-order chi connectivity index (χ0) is 13.0. The van der Waals surface area contributed by atoms with Gasteiger partial charge in [-0.25, -0.2) is 9.97 Å². The first-order chi connectivity index (χ1) is 8.66. The van der Waals surface area contributed by atoms with Crippen LogP contribution in [0.2, 0.25) is 0 Å². The Morgan fingerprint density at radius 3 is 2.72 bits per heavy atom. The second-order valence-electron chi connectivity index (χ2n) is 4.38. The van der Waals surface area contributed by atoms with Gasteiger partial charge in [0.2, 0.25) is 0 Å². The van der Waals surface area contributed by atoms with E-state index in [0.29, 0.717) is 0 Å². The van der Waals surface area contributed by atoms with Gasteiger partial charge in [-0.1, -0.05) is 5.16 Å². The lowest BCUT2D eigenvalue weighted by molar-refractivity contribution is 0.392. The fourth-order valence-electron chi connectivity index (χ4n) is 1.89. The largest absolute Gasteiger partial charge is 0.370 e. The normalized spacial score (nSPS) is 10.6. The highest BCUT2D eigenvalue weighted by molar-refractivity contribution is 5.34. The van der Waals surface area contributed by atoms with E-state index in [2.05, 4.69) is 20.4 Å². The summed E-state index contributed by atoms with van der Waals surface area (Å²) in [4.78, 5) is 8.22. The maximum absolute atomic E-state index is 5.14. The molecule has 0 spiro atoms. The molecule has 5 nitrogen and oxygen atoms in total. The van der Waals surface area contributed by atoms with Gasteiger partial charge in [0.15, 0.2) is 0 Å². The zero-order valence-electron chi connectivity index (χ0n) is 11.0. The second-order valence-corrected chi connectivity index (χ2v) is 4.38. The summed E-state index contributed by atoms with van der Waals surface area (Å²) in [5, 5.41) is 7.23. The molecule has 96 valence electrons. The van der Waals surface area contributed by atoms with E-state index in [1.54, 1.807) is 6.33 Å². The average molecular weight is 246 g/mol. The van der Waals surface area contributed by atoms with Gasteiger partial charge in [0, 0.05) is 23.9 Å². The first kappa shape index (κ1) is 12.5. The monoisotopic (exact) mass is 246 g/mol. The highest BCUT2D eigenvalue weighted by Crippen LogP contribution is 2.14. The molecule has 0 radical (unpaired) electrons. The molecule has 0 atom stereocenters. The smallest absolute Gasteiger partial charge is 0.137 e. The minimum atomic E-state index is 0.876. The van der Waals surface area contributed by atoms with E-state index in [-0.39, 0.29) is 0 Å². The molecule has 0 aromatic carbocycles. The molecule has 1 N–H and O–H groups in total. The maximum atomic E-state index is 5.14. The molecule has 0 aliphatic rings. The Labute approximate surface area is 107 Å². The van der Waals surface area contributed by atoms with E-state index in [1.165, 1.54) is 5.56 Å². The number of rotatable bonds is 5. The summed E-state index contributed by atoms with van der Waals surface area (Å²) in [7, 11) is 0. The van der Waals surface area contributed by atoms with E-state index in [4.69, 9.17) is 4.52 Å². The van der Waals surface area contributed by atoms with Crippen molar-refractivity contribution in [3.63, 3.8) is 0 Å². The molecule has 0 fully saturated rings. The lowest BCUT2D eigenvalue weighted by Crippen LogP contribution is -2.05. The topological polar surface area (TPSA) is 63.8 Å². The molecule has 0 aliphatic carbocycles. The molecule has 2 heterocycles. The van der Waals surface area contributed by atoms with Crippen molar-refractivity contribution >= 4 is 5.82 Å². The van der Waals surface area contributed by atoms with E-state index < -0.39 is 0 Å². The Bertz CT molecular complexity index is 502. The second kappa shape index (κ2) is 5.62. The Kier molecular flexibility index (Phi) is 3.92. The summed E-state index contributed by atoms with van der Waals surface area (Å²) < 4.78 is 5.14. The van der Waals surface area contributed by atoms with Crippen molar-refractivity contribution in [2.75, 3.05) is 11.9 Å². The van der Waals surface area contributed by atoms with Crippen LogP contribution >= 0.6 is 0 Å². The van der Waals surface area contributed by atoms with Gasteiger partial charge in [-0.3, -0.25) is 0 Å². The summed E-state index contributed by atoms with van der Waals surface area (Å²) in [5.74, 6) is 1.80. The number of hydrogen-bond donors (Lipinski definition) is 1. The Balaban J connectivity index is 1.80. The van der Waals surface area contributed by atoms with Crippen molar-refractivity contribution < 1.29 is 4.52 Å². The first-order valence-corrected chi connectivity index (χ1v) is 6.11. The molecule has 18 heavy (non-hydrogen) atoms. The van der Waals surface area contributed by atoms with Crippen molar-refractivity contribution in [1.82, 2.24) is 15.1 Å². The molecule has 0 bridgehead atoms. The van der Waals surface area contributed by atoms with Crippen LogP contribution in [0.25, 0.3) is 0 Å². The fraction of sp³-hybridized carbons (Fsp3) is 0.462. The minimum absolute atomic E-state index is 0.876. The van der Waals surface area contributed by atoms with Crippen LogP contribution in [0.1, 0.15) is 29.1 Å². The number of anilines is 1. The molecule has 2 aromatic rings. The molecule has 0 saturated carbocycles. The van der Waals surface area contributed by atoms with Crippen LogP contribution in [-0.4, -0.2) is 21.7 Å². The summed E-state index contributed by atoms with van der Waals surface area (Å²) in [6.07, 6.45) is 3.57. The standard InChI is InChI=1S/C13H18N4O/c1-9-7-13(16-8-15-9)14-6-4-5-12-10(2)17-18-11(12)3/h7-8H,4-6H2,1-3H3,(H,14,15,16). The fourth-order valence-corrected chi connectivity index (χ4v) is 1.89. The van der Waals surface area contributed by atoms with Gasteiger partial charge in [-0.05, 0) is 33.6 Å². The number of nitrogens with one attached hydrogen (secondary N) is 1. The molecule has 0 aliphatic heterocycles. The van der Waals surface area contributed by atoms with Crippen molar-refractivity contribution in [1.29, 1.82) is 0 Å². The van der Waals surface area contributed by atoms with Crippen molar-refractivity contribution in [2.45, 2.75) is 33.6 Å². The first-order valence-electron chi connectivity index (χ1n) is 6.11.